The molecule has 1 aliphatic rings. The van der Waals surface area contributed by atoms with Crippen molar-refractivity contribution in [2.24, 2.45) is 0 Å². The van der Waals surface area contributed by atoms with Crippen molar-refractivity contribution in [1.82, 2.24) is 9.21 Å². The second-order valence-electron chi connectivity index (χ2n) is 6.13. The number of nitrogens with zero attached hydrogens (tertiary/aromatic N) is 2. The predicted octanol–water partition coefficient (Wildman–Crippen LogP) is 3.21. The van der Waals surface area contributed by atoms with E-state index >= 15 is 0 Å². The van der Waals surface area contributed by atoms with Crippen LogP contribution in [0.4, 0.5) is 0 Å². The summed E-state index contributed by atoms with van der Waals surface area (Å²) in [6, 6.07) is 3.76. The minimum absolute atomic E-state index is 0.165. The molecule has 0 aromatic heterocycles. The van der Waals surface area contributed by atoms with Crippen LogP contribution in [-0.4, -0.2) is 50.3 Å². The highest BCUT2D eigenvalue weighted by Crippen LogP contribution is 2.32. The van der Waals surface area contributed by atoms with Crippen LogP contribution in [-0.2, 0) is 10.0 Å². The first-order valence-corrected chi connectivity index (χ1v) is 10.0. The van der Waals surface area contributed by atoms with Crippen LogP contribution in [0.2, 0.25) is 0 Å². The predicted molar refractivity (Wildman–Crippen MR) is 93.8 cm³/mol. The molecule has 4 nitrogen and oxygen atoms in total. The highest BCUT2D eigenvalue weighted by Gasteiger charge is 2.30. The number of piperazine rings is 1. The van der Waals surface area contributed by atoms with Gasteiger partial charge in [-0.05, 0) is 42.6 Å². The second kappa shape index (κ2) is 6.99. The summed E-state index contributed by atoms with van der Waals surface area (Å²) in [7, 11) is -3.42. The zero-order valence-electron chi connectivity index (χ0n) is 13.8. The van der Waals surface area contributed by atoms with Crippen molar-refractivity contribution in [3.8, 4) is 0 Å². The quantitative estimate of drug-likeness (QED) is 0.794. The number of aryl methyl sites for hydroxylation is 1. The normalized spacial score (nSPS) is 18.1. The first-order valence-electron chi connectivity index (χ1n) is 7.80. The Morgan fingerprint density at radius 2 is 1.77 bits per heavy atom. The summed E-state index contributed by atoms with van der Waals surface area (Å²) in [5.41, 5.74) is 1.84. The topological polar surface area (TPSA) is 40.6 Å². The lowest BCUT2D eigenvalue weighted by atomic mass is 10.0. The molecular formula is C16H25BrN2O2S. The largest absolute Gasteiger partial charge is 0.301 e. The highest BCUT2D eigenvalue weighted by molar-refractivity contribution is 9.10. The lowest BCUT2D eigenvalue weighted by molar-refractivity contribution is 0.196. The van der Waals surface area contributed by atoms with Crippen LogP contribution in [0, 0.1) is 6.92 Å². The van der Waals surface area contributed by atoms with Gasteiger partial charge in [-0.25, -0.2) is 8.42 Å². The Bertz CT molecular complexity index is 636. The molecule has 1 heterocycles. The maximum absolute atomic E-state index is 13.1. The van der Waals surface area contributed by atoms with Gasteiger partial charge in [0.1, 0.15) is 0 Å². The molecule has 0 N–H and O–H groups in total. The summed E-state index contributed by atoms with van der Waals surface area (Å²) in [5.74, 6) is 0.165. The van der Waals surface area contributed by atoms with E-state index in [1.807, 2.05) is 26.8 Å². The SMILES string of the molecule is CCN1CCN(S(=O)(=O)c2cc(C)c(Br)cc2C(C)C)CC1. The van der Waals surface area contributed by atoms with Crippen LogP contribution in [0.1, 0.15) is 37.8 Å². The van der Waals surface area contributed by atoms with E-state index in [2.05, 4.69) is 27.8 Å². The fraction of sp³-hybridized carbons (Fsp3) is 0.625. The Kier molecular flexibility index (Phi) is 5.69. The van der Waals surface area contributed by atoms with Crippen molar-refractivity contribution in [2.45, 2.75) is 38.5 Å². The van der Waals surface area contributed by atoms with Gasteiger partial charge in [-0.15, -0.1) is 0 Å². The van der Waals surface area contributed by atoms with E-state index in [0.29, 0.717) is 18.0 Å². The molecule has 0 saturated carbocycles. The van der Waals surface area contributed by atoms with Crippen molar-refractivity contribution in [1.29, 1.82) is 0 Å². The number of halogens is 1. The zero-order chi connectivity index (χ0) is 16.5. The number of sulfonamides is 1. The van der Waals surface area contributed by atoms with E-state index < -0.39 is 10.0 Å². The highest BCUT2D eigenvalue weighted by atomic mass is 79.9. The standard InChI is InChI=1S/C16H25BrN2O2S/c1-5-18-6-8-19(9-7-18)22(20,21)16-10-13(4)15(17)11-14(16)12(2)3/h10-12H,5-9H2,1-4H3. The fourth-order valence-corrected chi connectivity index (χ4v) is 4.97. The molecule has 1 aromatic rings. The van der Waals surface area contributed by atoms with Crippen molar-refractivity contribution in [3.05, 3.63) is 27.7 Å². The van der Waals surface area contributed by atoms with Crippen LogP contribution >= 0.6 is 15.9 Å². The molecule has 0 bridgehead atoms. The third-order valence-corrected chi connectivity index (χ3v) is 7.12. The van der Waals surface area contributed by atoms with Gasteiger partial charge in [0.2, 0.25) is 10.0 Å². The molecular weight excluding hydrogens is 364 g/mol. The number of rotatable bonds is 4. The van der Waals surface area contributed by atoms with Gasteiger partial charge in [0, 0.05) is 30.7 Å². The summed E-state index contributed by atoms with van der Waals surface area (Å²) < 4.78 is 28.7. The summed E-state index contributed by atoms with van der Waals surface area (Å²) in [6.07, 6.45) is 0. The average molecular weight is 389 g/mol. The second-order valence-corrected chi connectivity index (χ2v) is 8.89. The summed E-state index contributed by atoms with van der Waals surface area (Å²) >= 11 is 3.51. The molecule has 6 heteroatoms. The average Bonchev–Trinajstić information content (AvgIpc) is 2.49. The first-order chi connectivity index (χ1) is 10.3. The number of likely N-dealkylation sites (N-methyl/N-ethyl adjacent to an activating group) is 1. The molecule has 1 saturated heterocycles. The third kappa shape index (κ3) is 3.55. The molecule has 22 heavy (non-hydrogen) atoms. The molecule has 0 unspecified atom stereocenters. The minimum atomic E-state index is -3.42. The van der Waals surface area contributed by atoms with Gasteiger partial charge in [0.05, 0.1) is 4.90 Å². The molecule has 0 amide bonds. The van der Waals surface area contributed by atoms with Crippen molar-refractivity contribution < 1.29 is 8.42 Å². The van der Waals surface area contributed by atoms with Crippen molar-refractivity contribution >= 4 is 26.0 Å². The number of hydrogen-bond acceptors (Lipinski definition) is 3. The third-order valence-electron chi connectivity index (χ3n) is 4.31. The Morgan fingerprint density at radius 3 is 2.27 bits per heavy atom. The smallest absolute Gasteiger partial charge is 0.243 e. The Labute approximate surface area is 142 Å². The van der Waals surface area contributed by atoms with Crippen LogP contribution in [0.15, 0.2) is 21.5 Å². The minimum Gasteiger partial charge on any atom is -0.301 e. The van der Waals surface area contributed by atoms with Crippen LogP contribution in [0.25, 0.3) is 0 Å². The molecule has 0 aliphatic carbocycles. The van der Waals surface area contributed by atoms with Gasteiger partial charge >= 0.3 is 0 Å². The van der Waals surface area contributed by atoms with Crippen molar-refractivity contribution in [3.63, 3.8) is 0 Å². The molecule has 0 spiro atoms. The van der Waals surface area contributed by atoms with E-state index in [0.717, 1.165) is 35.2 Å². The summed E-state index contributed by atoms with van der Waals surface area (Å²) in [5, 5.41) is 0. The summed E-state index contributed by atoms with van der Waals surface area (Å²) in [4.78, 5) is 2.75. The van der Waals surface area contributed by atoms with E-state index in [4.69, 9.17) is 0 Å². The monoisotopic (exact) mass is 388 g/mol. The maximum Gasteiger partial charge on any atom is 0.243 e. The molecule has 1 aromatic carbocycles. The lowest BCUT2D eigenvalue weighted by Gasteiger charge is -2.34. The maximum atomic E-state index is 13.1. The number of hydrogen-bond donors (Lipinski definition) is 0. The molecule has 2 rings (SSSR count). The zero-order valence-corrected chi connectivity index (χ0v) is 16.2. The summed E-state index contributed by atoms with van der Waals surface area (Å²) in [6.45, 7) is 11.8. The molecule has 1 fully saturated rings. The van der Waals surface area contributed by atoms with Gasteiger partial charge in [-0.2, -0.15) is 4.31 Å². The Balaban J connectivity index is 2.39. The first kappa shape index (κ1) is 17.9. The molecule has 0 atom stereocenters. The van der Waals surface area contributed by atoms with E-state index in [1.54, 1.807) is 10.4 Å². The molecule has 1 aliphatic heterocycles. The lowest BCUT2D eigenvalue weighted by Crippen LogP contribution is -2.48. The van der Waals surface area contributed by atoms with Gasteiger partial charge in [-0.1, -0.05) is 36.7 Å². The Morgan fingerprint density at radius 1 is 1.18 bits per heavy atom. The van der Waals surface area contributed by atoms with Crippen LogP contribution < -0.4 is 0 Å². The Hall–Kier alpha value is -0.430. The van der Waals surface area contributed by atoms with Gasteiger partial charge in [0.15, 0.2) is 0 Å². The van der Waals surface area contributed by atoms with Crippen LogP contribution in [0.5, 0.6) is 0 Å². The van der Waals surface area contributed by atoms with Gasteiger partial charge < -0.3 is 4.90 Å². The van der Waals surface area contributed by atoms with Gasteiger partial charge in [-0.3, -0.25) is 0 Å². The van der Waals surface area contributed by atoms with Crippen LogP contribution in [0.3, 0.4) is 0 Å². The van der Waals surface area contributed by atoms with E-state index in [-0.39, 0.29) is 5.92 Å². The molecule has 0 radical (unpaired) electrons. The van der Waals surface area contributed by atoms with Crippen molar-refractivity contribution in [2.75, 3.05) is 32.7 Å². The van der Waals surface area contributed by atoms with E-state index in [9.17, 15) is 8.42 Å². The van der Waals surface area contributed by atoms with E-state index in [1.165, 1.54) is 0 Å². The molecule has 124 valence electrons. The fourth-order valence-electron chi connectivity index (χ4n) is 2.77. The van der Waals surface area contributed by atoms with Gasteiger partial charge in [0.25, 0.3) is 0 Å². The number of benzene rings is 1.